The maximum atomic E-state index is 12.4. The fraction of sp³-hybridized carbons (Fsp3) is 0.467. The molecule has 0 bridgehead atoms. The number of tetrazole rings is 1. The number of benzene rings is 1. The minimum absolute atomic E-state index is 0.0248. The molecule has 0 radical (unpaired) electrons. The van der Waals surface area contributed by atoms with Crippen LogP contribution in [0.5, 0.6) is 0 Å². The Kier molecular flexibility index (Phi) is 7.29. The second-order valence-corrected chi connectivity index (χ2v) is 5.93. The van der Waals surface area contributed by atoms with Crippen LogP contribution >= 0.6 is 15.9 Å². The number of nitrogens with zero attached hydrogens (tertiary/aromatic N) is 5. The smallest absolute Gasteiger partial charge is 0.246 e. The number of ether oxygens (including phenoxy) is 2. The van der Waals surface area contributed by atoms with Crippen LogP contribution in [0.3, 0.4) is 0 Å². The monoisotopic (exact) mass is 397 g/mol. The molecular weight excluding hydrogens is 378 g/mol. The van der Waals surface area contributed by atoms with Crippen LogP contribution < -0.4 is 0 Å². The van der Waals surface area contributed by atoms with Crippen LogP contribution in [0.1, 0.15) is 0 Å². The molecule has 130 valence electrons. The first-order valence-electron chi connectivity index (χ1n) is 7.43. The van der Waals surface area contributed by atoms with E-state index in [-0.39, 0.29) is 12.5 Å². The van der Waals surface area contributed by atoms with Gasteiger partial charge in [0.15, 0.2) is 0 Å². The number of carbonyl (C=O) groups is 1. The summed E-state index contributed by atoms with van der Waals surface area (Å²) in [5.74, 6) is 0.375. The number of methoxy groups -OCH3 is 2. The second-order valence-electron chi connectivity index (χ2n) is 5.02. The van der Waals surface area contributed by atoms with Crippen molar-refractivity contribution in [2.75, 3.05) is 40.5 Å². The first-order valence-corrected chi connectivity index (χ1v) is 8.22. The molecule has 24 heavy (non-hydrogen) atoms. The number of rotatable bonds is 9. The van der Waals surface area contributed by atoms with Gasteiger partial charge in [-0.3, -0.25) is 4.79 Å². The molecule has 9 heteroatoms. The van der Waals surface area contributed by atoms with Gasteiger partial charge in [-0.25, -0.2) is 0 Å². The van der Waals surface area contributed by atoms with Crippen LogP contribution in [0.15, 0.2) is 28.7 Å². The Balaban J connectivity index is 2.01. The van der Waals surface area contributed by atoms with Crippen molar-refractivity contribution in [3.8, 4) is 11.4 Å². The number of halogens is 1. The van der Waals surface area contributed by atoms with Crippen LogP contribution in [-0.2, 0) is 20.8 Å². The Morgan fingerprint density at radius 1 is 1.17 bits per heavy atom. The first-order chi connectivity index (χ1) is 11.6. The molecule has 1 aromatic carbocycles. The molecule has 0 aliphatic rings. The highest BCUT2D eigenvalue weighted by molar-refractivity contribution is 9.10. The van der Waals surface area contributed by atoms with E-state index in [1.807, 2.05) is 24.3 Å². The summed E-state index contributed by atoms with van der Waals surface area (Å²) in [5, 5.41) is 12.2. The average molecular weight is 398 g/mol. The molecule has 0 saturated heterocycles. The molecule has 1 amide bonds. The van der Waals surface area contributed by atoms with Gasteiger partial charge in [0.1, 0.15) is 6.54 Å². The molecule has 0 aliphatic heterocycles. The molecule has 2 aromatic rings. The van der Waals surface area contributed by atoms with Gasteiger partial charge in [0, 0.05) is 37.3 Å². The molecule has 0 aliphatic carbocycles. The second kappa shape index (κ2) is 9.45. The molecule has 0 unspecified atom stereocenters. The molecule has 0 N–H and O–H groups in total. The standard InChI is InChI=1S/C15H20BrN5O3/c1-23-9-7-20(8-10-24-2)14(22)11-21-18-15(17-19-21)12-3-5-13(16)6-4-12/h3-6H,7-11H2,1-2H3. The summed E-state index contributed by atoms with van der Waals surface area (Å²) < 4.78 is 11.0. The molecule has 0 spiro atoms. The van der Waals surface area contributed by atoms with Gasteiger partial charge in [0.05, 0.1) is 13.2 Å². The normalized spacial score (nSPS) is 10.8. The summed E-state index contributed by atoms with van der Waals surface area (Å²) in [5.41, 5.74) is 0.840. The van der Waals surface area contributed by atoms with Crippen LogP contribution in [-0.4, -0.2) is 71.5 Å². The Morgan fingerprint density at radius 3 is 2.38 bits per heavy atom. The van der Waals surface area contributed by atoms with Crippen molar-refractivity contribution in [2.45, 2.75) is 6.54 Å². The summed E-state index contributed by atoms with van der Waals surface area (Å²) in [4.78, 5) is 15.4. The largest absolute Gasteiger partial charge is 0.383 e. The highest BCUT2D eigenvalue weighted by Crippen LogP contribution is 2.17. The molecule has 0 atom stereocenters. The van der Waals surface area contributed by atoms with E-state index < -0.39 is 0 Å². The third-order valence-corrected chi connectivity index (χ3v) is 3.84. The lowest BCUT2D eigenvalue weighted by Crippen LogP contribution is -2.39. The van der Waals surface area contributed by atoms with Gasteiger partial charge >= 0.3 is 0 Å². The Bertz CT molecular complexity index is 639. The van der Waals surface area contributed by atoms with Crippen molar-refractivity contribution in [1.82, 2.24) is 25.1 Å². The van der Waals surface area contributed by atoms with Gasteiger partial charge in [-0.15, -0.1) is 10.2 Å². The van der Waals surface area contributed by atoms with Crippen LogP contribution in [0, 0.1) is 0 Å². The van der Waals surface area contributed by atoms with Crippen molar-refractivity contribution in [3.63, 3.8) is 0 Å². The van der Waals surface area contributed by atoms with Crippen LogP contribution in [0.4, 0.5) is 0 Å². The number of hydrogen-bond acceptors (Lipinski definition) is 6. The van der Waals surface area contributed by atoms with Gasteiger partial charge in [-0.1, -0.05) is 15.9 Å². The van der Waals surface area contributed by atoms with Gasteiger partial charge in [0.2, 0.25) is 11.7 Å². The van der Waals surface area contributed by atoms with Crippen molar-refractivity contribution in [3.05, 3.63) is 28.7 Å². The van der Waals surface area contributed by atoms with Gasteiger partial charge in [-0.2, -0.15) is 4.80 Å². The fourth-order valence-electron chi connectivity index (χ4n) is 2.01. The predicted octanol–water partition coefficient (Wildman–Crippen LogP) is 1.22. The minimum Gasteiger partial charge on any atom is -0.383 e. The van der Waals surface area contributed by atoms with E-state index in [4.69, 9.17) is 9.47 Å². The van der Waals surface area contributed by atoms with E-state index >= 15 is 0 Å². The molecule has 0 saturated carbocycles. The third kappa shape index (κ3) is 5.36. The van der Waals surface area contributed by atoms with E-state index in [0.717, 1.165) is 10.0 Å². The van der Waals surface area contributed by atoms with Gasteiger partial charge in [-0.05, 0) is 29.5 Å². The minimum atomic E-state index is -0.108. The molecule has 0 fully saturated rings. The number of aromatic nitrogens is 4. The predicted molar refractivity (Wildman–Crippen MR) is 91.3 cm³/mol. The van der Waals surface area contributed by atoms with E-state index in [1.165, 1.54) is 4.80 Å². The topological polar surface area (TPSA) is 82.4 Å². The maximum Gasteiger partial charge on any atom is 0.246 e. The SMILES string of the molecule is COCCN(CCOC)C(=O)Cn1nnc(-c2ccc(Br)cc2)n1. The van der Waals surface area contributed by atoms with Crippen molar-refractivity contribution >= 4 is 21.8 Å². The molecule has 1 heterocycles. The Labute approximate surface area is 148 Å². The first kappa shape index (κ1) is 18.5. The lowest BCUT2D eigenvalue weighted by atomic mass is 10.2. The fourth-order valence-corrected chi connectivity index (χ4v) is 2.27. The van der Waals surface area contributed by atoms with E-state index in [9.17, 15) is 4.79 Å². The maximum absolute atomic E-state index is 12.4. The van der Waals surface area contributed by atoms with E-state index in [1.54, 1.807) is 19.1 Å². The number of amides is 1. The quantitative estimate of drug-likeness (QED) is 0.632. The summed E-state index contributed by atoms with van der Waals surface area (Å²) in [6.07, 6.45) is 0. The highest BCUT2D eigenvalue weighted by atomic mass is 79.9. The Hall–Kier alpha value is -1.84. The Morgan fingerprint density at radius 2 is 1.79 bits per heavy atom. The average Bonchev–Trinajstić information content (AvgIpc) is 3.04. The zero-order valence-corrected chi connectivity index (χ0v) is 15.3. The number of hydrogen-bond donors (Lipinski definition) is 0. The summed E-state index contributed by atoms with van der Waals surface area (Å²) in [6, 6.07) is 7.57. The van der Waals surface area contributed by atoms with Crippen LogP contribution in [0.25, 0.3) is 11.4 Å². The van der Waals surface area contributed by atoms with E-state index in [0.29, 0.717) is 32.1 Å². The molecule has 8 nitrogen and oxygen atoms in total. The lowest BCUT2D eigenvalue weighted by molar-refractivity contribution is -0.133. The van der Waals surface area contributed by atoms with Crippen molar-refractivity contribution < 1.29 is 14.3 Å². The summed E-state index contributed by atoms with van der Waals surface area (Å²) in [7, 11) is 3.20. The number of carbonyl (C=O) groups excluding carboxylic acids is 1. The zero-order valence-electron chi connectivity index (χ0n) is 13.7. The van der Waals surface area contributed by atoms with Gasteiger partial charge < -0.3 is 14.4 Å². The lowest BCUT2D eigenvalue weighted by Gasteiger charge is -2.21. The molecular formula is C15H20BrN5O3. The third-order valence-electron chi connectivity index (χ3n) is 3.32. The van der Waals surface area contributed by atoms with Crippen LogP contribution in [0.2, 0.25) is 0 Å². The summed E-state index contributed by atoms with van der Waals surface area (Å²) >= 11 is 3.38. The van der Waals surface area contributed by atoms with Gasteiger partial charge in [0.25, 0.3) is 0 Å². The highest BCUT2D eigenvalue weighted by Gasteiger charge is 2.16. The summed E-state index contributed by atoms with van der Waals surface area (Å²) in [6.45, 7) is 1.94. The molecule has 2 rings (SSSR count). The van der Waals surface area contributed by atoms with E-state index in [2.05, 4.69) is 31.3 Å². The molecule has 1 aromatic heterocycles. The van der Waals surface area contributed by atoms with Crippen molar-refractivity contribution in [1.29, 1.82) is 0 Å². The zero-order chi connectivity index (χ0) is 17.4. The van der Waals surface area contributed by atoms with Crippen molar-refractivity contribution in [2.24, 2.45) is 0 Å².